The van der Waals surface area contributed by atoms with Gasteiger partial charge >= 0.3 is 39.2 Å². The molecule has 0 saturated carbocycles. The summed E-state index contributed by atoms with van der Waals surface area (Å²) in [6, 6.07) is 16.7. The normalized spacial score (nSPS) is 8.53. The molecule has 0 heterocycles. The van der Waals surface area contributed by atoms with Crippen molar-refractivity contribution in [3.8, 4) is 11.5 Å². The standard InChI is InChI=1S/2C7H7O.ClH.Li.Mg/c2*1-8-7-5-3-2-4-6-7;;;/h2*3-6H,1H3;1H;;/q;;;+1;/p-1. The van der Waals surface area contributed by atoms with Crippen LogP contribution in [0, 0.1) is 0 Å². The molecule has 0 aromatic heterocycles. The van der Waals surface area contributed by atoms with Gasteiger partial charge in [-0.05, 0) is 24.3 Å². The Hall–Kier alpha value is -0.306. The van der Waals surface area contributed by atoms with Gasteiger partial charge in [0.1, 0.15) is 11.5 Å². The topological polar surface area (TPSA) is 18.5 Å². The van der Waals surface area contributed by atoms with Crippen molar-refractivity contribution in [2.75, 3.05) is 14.2 Å². The average Bonchev–Trinajstić information content (AvgIpc) is 2.40. The molecule has 2 aromatic rings. The quantitative estimate of drug-likeness (QED) is 0.525. The van der Waals surface area contributed by atoms with Gasteiger partial charge in [0.25, 0.3) is 0 Å². The van der Waals surface area contributed by atoms with Crippen LogP contribution in [0.3, 0.4) is 0 Å². The maximum Gasteiger partial charge on any atom is 1.00 e. The number of methoxy groups -OCH3 is 2. The summed E-state index contributed by atoms with van der Waals surface area (Å²) in [6.45, 7) is 0. The fourth-order valence-corrected chi connectivity index (χ4v) is 3.14. The first-order chi connectivity index (χ1) is 8.31. The molecule has 5 heteroatoms. The molecule has 0 radical (unpaired) electrons. The van der Waals surface area contributed by atoms with Gasteiger partial charge in [-0.3, -0.25) is 0 Å². The molecule has 0 spiro atoms. The second-order valence-corrected chi connectivity index (χ2v) is 5.86. The molecule has 0 atom stereocenters. The summed E-state index contributed by atoms with van der Waals surface area (Å²) in [4.78, 5) is 0. The van der Waals surface area contributed by atoms with E-state index in [0.29, 0.717) is 0 Å². The molecular weight excluding hydrogens is 267 g/mol. The summed E-state index contributed by atoms with van der Waals surface area (Å²) in [5.41, 5.74) is 0. The van der Waals surface area contributed by atoms with Crippen molar-refractivity contribution >= 4 is 27.8 Å². The Kier molecular flexibility index (Phi) is 9.42. The van der Waals surface area contributed by atoms with Crippen LogP contribution in [0.4, 0.5) is 0 Å². The summed E-state index contributed by atoms with van der Waals surface area (Å²) >= 11 is -0.393. The number of hydrogen-bond acceptors (Lipinski definition) is 2. The van der Waals surface area contributed by atoms with Crippen molar-refractivity contribution in [2.45, 2.75) is 0 Å². The minimum Gasteiger partial charge on any atom is -1.00 e. The van der Waals surface area contributed by atoms with E-state index in [9.17, 15) is 0 Å². The van der Waals surface area contributed by atoms with Gasteiger partial charge in [-0.2, -0.15) is 7.39 Å². The first-order valence-corrected chi connectivity index (χ1v) is 6.99. The van der Waals surface area contributed by atoms with Crippen molar-refractivity contribution in [1.82, 2.24) is 0 Å². The van der Waals surface area contributed by atoms with Gasteiger partial charge in [0.2, 0.25) is 0 Å². The Morgan fingerprint density at radius 1 is 0.684 bits per heavy atom. The largest absolute Gasteiger partial charge is 1.00 e. The summed E-state index contributed by atoms with van der Waals surface area (Å²) in [6.07, 6.45) is 0. The number of benzene rings is 2. The van der Waals surface area contributed by atoms with Crippen molar-refractivity contribution in [1.29, 1.82) is 0 Å². The van der Waals surface area contributed by atoms with Crippen molar-refractivity contribution in [2.24, 2.45) is 0 Å². The van der Waals surface area contributed by atoms with Gasteiger partial charge in [-0.25, -0.2) is 0 Å². The second-order valence-electron chi connectivity index (χ2n) is 3.87. The molecule has 19 heavy (non-hydrogen) atoms. The van der Waals surface area contributed by atoms with Crippen LogP contribution in [0.1, 0.15) is 0 Å². The predicted molar refractivity (Wildman–Crippen MR) is 71.0 cm³/mol. The first kappa shape index (κ1) is 18.7. The van der Waals surface area contributed by atoms with E-state index < -0.39 is 20.4 Å². The first-order valence-electron chi connectivity index (χ1n) is 5.57. The molecule has 0 fully saturated rings. The van der Waals surface area contributed by atoms with Crippen molar-refractivity contribution in [3.05, 3.63) is 48.5 Å². The number of rotatable bonds is 4. The molecule has 0 aliphatic carbocycles. The molecule has 0 amide bonds. The molecule has 0 aliphatic rings. The van der Waals surface area contributed by atoms with E-state index in [1.807, 2.05) is 24.3 Å². The Morgan fingerprint density at radius 3 is 1.26 bits per heavy atom. The van der Waals surface area contributed by atoms with Crippen LogP contribution in [0.25, 0.3) is 0 Å². The molecule has 0 unspecified atom stereocenters. The molecule has 0 bridgehead atoms. The number of halogens is 1. The van der Waals surface area contributed by atoms with E-state index in [0.717, 1.165) is 11.5 Å². The number of ether oxygens (including phenoxy) is 2. The SMILES string of the molecule is COc1cc[c]([Mg][c]2ccc(OC)cc2)cc1.[Cl-].[Li+]. The zero-order valence-corrected chi connectivity index (χ0v) is 13.7. The smallest absolute Gasteiger partial charge is 1.00 e. The van der Waals surface area contributed by atoms with Crippen LogP contribution in [0.5, 0.6) is 11.5 Å². The van der Waals surface area contributed by atoms with Gasteiger partial charge in [0.05, 0.1) is 14.2 Å². The van der Waals surface area contributed by atoms with E-state index in [1.54, 1.807) is 14.2 Å². The molecule has 2 rings (SSSR count). The van der Waals surface area contributed by atoms with E-state index >= 15 is 0 Å². The van der Waals surface area contributed by atoms with Crippen molar-refractivity contribution < 1.29 is 40.7 Å². The van der Waals surface area contributed by atoms with Crippen LogP contribution in [0.2, 0.25) is 0 Å². The van der Waals surface area contributed by atoms with Crippen LogP contribution in [-0.4, -0.2) is 34.6 Å². The maximum absolute atomic E-state index is 5.15. The predicted octanol–water partition coefficient (Wildman–Crippen LogP) is -4.63. The Labute approximate surface area is 142 Å². The van der Waals surface area contributed by atoms with Crippen LogP contribution < -0.4 is 48.1 Å². The van der Waals surface area contributed by atoms with E-state index in [2.05, 4.69) is 24.3 Å². The summed E-state index contributed by atoms with van der Waals surface area (Å²) in [5, 5.41) is 0. The average molecular weight is 281 g/mol. The molecule has 0 saturated heterocycles. The van der Waals surface area contributed by atoms with E-state index in [1.165, 1.54) is 7.39 Å². The number of hydrogen-bond donors (Lipinski definition) is 0. The third-order valence-electron chi connectivity index (χ3n) is 2.73. The molecular formula is C14H14ClLiMgO2. The Balaban J connectivity index is 0.00000162. The van der Waals surface area contributed by atoms with Gasteiger partial charge in [-0.15, -0.1) is 0 Å². The van der Waals surface area contributed by atoms with E-state index in [4.69, 9.17) is 9.47 Å². The zero-order chi connectivity index (χ0) is 12.1. The van der Waals surface area contributed by atoms with Crippen LogP contribution in [-0.2, 0) is 0 Å². The summed E-state index contributed by atoms with van der Waals surface area (Å²) in [5.74, 6) is 1.83. The third kappa shape index (κ3) is 5.68. The van der Waals surface area contributed by atoms with Crippen LogP contribution in [0.15, 0.2) is 48.5 Å². The van der Waals surface area contributed by atoms with Gasteiger partial charge < -0.3 is 21.9 Å². The van der Waals surface area contributed by atoms with Gasteiger partial charge in [-0.1, -0.05) is 24.3 Å². The summed E-state index contributed by atoms with van der Waals surface area (Å²) < 4.78 is 13.1. The fourth-order valence-electron chi connectivity index (χ4n) is 1.72. The zero-order valence-electron chi connectivity index (χ0n) is 11.5. The third-order valence-corrected chi connectivity index (χ3v) is 4.49. The molecule has 0 aliphatic heterocycles. The molecule has 2 nitrogen and oxygen atoms in total. The Bertz CT molecular complexity index is 428. The van der Waals surface area contributed by atoms with Crippen LogP contribution >= 0.6 is 0 Å². The molecule has 0 N–H and O–H groups in total. The van der Waals surface area contributed by atoms with E-state index in [-0.39, 0.29) is 31.3 Å². The van der Waals surface area contributed by atoms with Gasteiger partial charge in [0.15, 0.2) is 0 Å². The molecule has 2 aromatic carbocycles. The Morgan fingerprint density at radius 2 is 1.00 bits per heavy atom. The monoisotopic (exact) mass is 280 g/mol. The maximum atomic E-state index is 5.15. The minimum atomic E-state index is -0.393. The van der Waals surface area contributed by atoms with Gasteiger partial charge in [0, 0.05) is 0 Å². The minimum absolute atomic E-state index is 0. The second kappa shape index (κ2) is 9.57. The van der Waals surface area contributed by atoms with Crippen molar-refractivity contribution in [3.63, 3.8) is 0 Å². The summed E-state index contributed by atoms with van der Waals surface area (Å²) in [7, 11) is 3.38. The fraction of sp³-hybridized carbons (Fsp3) is 0.143. The molecule has 92 valence electrons.